The van der Waals surface area contributed by atoms with E-state index in [9.17, 15) is 18.3 Å². The molecule has 0 unspecified atom stereocenters. The van der Waals surface area contributed by atoms with E-state index >= 15 is 0 Å². The number of allylic oxidation sites excluding steroid dienone is 2. The standard InChI is InChI=1S/C17H10ClF3N4O2/c18-13-6-8(2-4-11(13)16-22-24-25-23-16)12-5-9-1-3-10(26)7-14(9)27-15(12)17(19,20)21/h1-4,6-7,26H,5H2,(H,22,23,24,25). The number of aromatic nitrogens is 4. The van der Waals surface area contributed by atoms with Crippen LogP contribution in [0.1, 0.15) is 11.1 Å². The van der Waals surface area contributed by atoms with Gasteiger partial charge < -0.3 is 9.84 Å². The maximum Gasteiger partial charge on any atom is 0.449 e. The molecule has 0 spiro atoms. The Kier molecular flexibility index (Phi) is 4.03. The molecule has 0 saturated carbocycles. The number of rotatable bonds is 2. The summed E-state index contributed by atoms with van der Waals surface area (Å²) in [5.41, 5.74) is 1.17. The molecule has 6 nitrogen and oxygen atoms in total. The van der Waals surface area contributed by atoms with Gasteiger partial charge in [0.25, 0.3) is 0 Å². The van der Waals surface area contributed by atoms with Crippen molar-refractivity contribution in [2.75, 3.05) is 0 Å². The van der Waals surface area contributed by atoms with E-state index in [4.69, 9.17) is 16.3 Å². The van der Waals surface area contributed by atoms with Crippen molar-refractivity contribution in [2.24, 2.45) is 0 Å². The summed E-state index contributed by atoms with van der Waals surface area (Å²) in [5.74, 6) is -1.10. The van der Waals surface area contributed by atoms with Gasteiger partial charge in [-0.1, -0.05) is 23.7 Å². The summed E-state index contributed by atoms with van der Waals surface area (Å²) in [5, 5.41) is 23.0. The second-order valence-electron chi connectivity index (χ2n) is 5.81. The van der Waals surface area contributed by atoms with Gasteiger partial charge >= 0.3 is 6.18 Å². The van der Waals surface area contributed by atoms with Crippen molar-refractivity contribution >= 4 is 17.2 Å². The predicted molar refractivity (Wildman–Crippen MR) is 90.0 cm³/mol. The average Bonchev–Trinajstić information content (AvgIpc) is 3.14. The first-order valence-electron chi connectivity index (χ1n) is 7.67. The SMILES string of the molecule is Oc1ccc2c(c1)OC(C(F)(F)F)=C(c1ccc(-c3nn[nH]n3)c(Cl)c1)C2. The maximum atomic E-state index is 13.6. The predicted octanol–water partition coefficient (Wildman–Crippen LogP) is 4.13. The van der Waals surface area contributed by atoms with Crippen molar-refractivity contribution in [3.8, 4) is 22.9 Å². The zero-order chi connectivity index (χ0) is 19.2. The van der Waals surface area contributed by atoms with Crippen molar-refractivity contribution in [3.63, 3.8) is 0 Å². The summed E-state index contributed by atoms with van der Waals surface area (Å²) in [6.07, 6.45) is -4.74. The van der Waals surface area contributed by atoms with Crippen LogP contribution in [0.25, 0.3) is 17.0 Å². The fourth-order valence-electron chi connectivity index (χ4n) is 2.85. The Hall–Kier alpha value is -3.07. The zero-order valence-corrected chi connectivity index (χ0v) is 14.1. The van der Waals surface area contributed by atoms with Gasteiger partial charge in [0.05, 0.1) is 5.02 Å². The van der Waals surface area contributed by atoms with Gasteiger partial charge in [0.15, 0.2) is 0 Å². The summed E-state index contributed by atoms with van der Waals surface area (Å²) in [6, 6.07) is 8.49. The first-order valence-corrected chi connectivity index (χ1v) is 8.04. The van der Waals surface area contributed by atoms with E-state index in [0.717, 1.165) is 6.07 Å². The number of aromatic hydroxyl groups is 1. The minimum Gasteiger partial charge on any atom is -0.508 e. The number of H-pyrrole nitrogens is 1. The van der Waals surface area contributed by atoms with Crippen molar-refractivity contribution < 1.29 is 23.0 Å². The van der Waals surface area contributed by atoms with Crippen LogP contribution >= 0.6 is 11.6 Å². The number of ether oxygens (including phenoxy) is 1. The second-order valence-corrected chi connectivity index (χ2v) is 6.21. The van der Waals surface area contributed by atoms with Crippen molar-refractivity contribution in [3.05, 3.63) is 58.3 Å². The topological polar surface area (TPSA) is 83.9 Å². The Morgan fingerprint density at radius 2 is 1.96 bits per heavy atom. The monoisotopic (exact) mass is 394 g/mol. The number of halogens is 4. The second kappa shape index (κ2) is 6.27. The van der Waals surface area contributed by atoms with E-state index in [1.165, 1.54) is 30.3 Å². The number of nitrogens with zero attached hydrogens (tertiary/aromatic N) is 3. The molecule has 0 aliphatic carbocycles. The average molecular weight is 395 g/mol. The molecule has 4 rings (SSSR count). The lowest BCUT2D eigenvalue weighted by atomic mass is 9.93. The summed E-state index contributed by atoms with van der Waals surface area (Å²) in [7, 11) is 0. The molecule has 10 heteroatoms. The van der Waals surface area contributed by atoms with E-state index in [0.29, 0.717) is 11.1 Å². The molecule has 0 atom stereocenters. The van der Waals surface area contributed by atoms with Gasteiger partial charge in [-0.2, -0.15) is 18.4 Å². The molecule has 2 heterocycles. The molecule has 1 aliphatic rings. The zero-order valence-electron chi connectivity index (χ0n) is 13.4. The third-order valence-electron chi connectivity index (χ3n) is 4.07. The van der Waals surface area contributed by atoms with Gasteiger partial charge in [-0.15, -0.1) is 10.2 Å². The first kappa shape index (κ1) is 17.3. The van der Waals surface area contributed by atoms with Gasteiger partial charge in [0.1, 0.15) is 11.5 Å². The number of hydrogen-bond acceptors (Lipinski definition) is 5. The van der Waals surface area contributed by atoms with Crippen LogP contribution in [0.15, 0.2) is 42.2 Å². The number of benzene rings is 2. The molecule has 0 amide bonds. The number of fused-ring (bicyclic) bond motifs is 1. The third kappa shape index (κ3) is 3.21. The molecule has 1 aliphatic heterocycles. The molecule has 0 saturated heterocycles. The lowest BCUT2D eigenvalue weighted by Crippen LogP contribution is -2.23. The molecule has 0 bridgehead atoms. The summed E-state index contributed by atoms with van der Waals surface area (Å²) >= 11 is 6.22. The van der Waals surface area contributed by atoms with Crippen molar-refractivity contribution in [2.45, 2.75) is 12.6 Å². The van der Waals surface area contributed by atoms with Crippen molar-refractivity contribution in [1.29, 1.82) is 0 Å². The molecule has 138 valence electrons. The largest absolute Gasteiger partial charge is 0.508 e. The number of phenols is 1. The highest BCUT2D eigenvalue weighted by Gasteiger charge is 2.41. The van der Waals surface area contributed by atoms with Crippen LogP contribution < -0.4 is 4.74 Å². The third-order valence-corrected chi connectivity index (χ3v) is 4.38. The van der Waals surface area contributed by atoms with Gasteiger partial charge in [-0.05, 0) is 34.5 Å². The van der Waals surface area contributed by atoms with E-state index in [1.54, 1.807) is 0 Å². The Balaban J connectivity index is 1.81. The van der Waals surface area contributed by atoms with E-state index < -0.39 is 11.9 Å². The highest BCUT2D eigenvalue weighted by Crippen LogP contribution is 2.43. The molecule has 27 heavy (non-hydrogen) atoms. The first-order chi connectivity index (χ1) is 12.8. The van der Waals surface area contributed by atoms with Gasteiger partial charge in [0.2, 0.25) is 11.6 Å². The van der Waals surface area contributed by atoms with Crippen molar-refractivity contribution in [1.82, 2.24) is 20.6 Å². The maximum absolute atomic E-state index is 13.6. The summed E-state index contributed by atoms with van der Waals surface area (Å²) < 4.78 is 45.8. The molecular weight excluding hydrogens is 385 g/mol. The molecule has 2 N–H and O–H groups in total. The lowest BCUT2D eigenvalue weighted by molar-refractivity contribution is -0.116. The number of phenolic OH excluding ortho intramolecular Hbond substituents is 1. The van der Waals surface area contributed by atoms with E-state index in [2.05, 4.69) is 20.6 Å². The Bertz CT molecular complexity index is 1050. The highest BCUT2D eigenvalue weighted by molar-refractivity contribution is 6.33. The van der Waals surface area contributed by atoms with Gasteiger partial charge in [-0.3, -0.25) is 0 Å². The van der Waals surface area contributed by atoms with Crippen LogP contribution in [-0.2, 0) is 6.42 Å². The molecule has 1 aromatic heterocycles. The van der Waals surface area contributed by atoms with Crippen LogP contribution in [-0.4, -0.2) is 31.9 Å². The number of alkyl halides is 3. The fourth-order valence-corrected chi connectivity index (χ4v) is 3.11. The lowest BCUT2D eigenvalue weighted by Gasteiger charge is -2.25. The quantitative estimate of drug-likeness (QED) is 0.682. The Morgan fingerprint density at radius 3 is 2.63 bits per heavy atom. The number of aromatic amines is 1. The molecule has 3 aromatic rings. The van der Waals surface area contributed by atoms with Crippen LogP contribution in [0.5, 0.6) is 11.5 Å². The summed E-state index contributed by atoms with van der Waals surface area (Å²) in [4.78, 5) is 0. The molecule has 0 radical (unpaired) electrons. The van der Waals surface area contributed by atoms with Crippen LogP contribution in [0.2, 0.25) is 5.02 Å². The smallest absolute Gasteiger partial charge is 0.449 e. The molecule has 2 aromatic carbocycles. The molecular formula is C17H10ClF3N4O2. The van der Waals surface area contributed by atoms with Crippen LogP contribution in [0.3, 0.4) is 0 Å². The minimum atomic E-state index is -4.71. The van der Waals surface area contributed by atoms with Crippen LogP contribution in [0, 0.1) is 0 Å². The fraction of sp³-hybridized carbons (Fsp3) is 0.118. The van der Waals surface area contributed by atoms with E-state index in [1.807, 2.05) is 0 Å². The Morgan fingerprint density at radius 1 is 1.15 bits per heavy atom. The molecule has 0 fully saturated rings. The number of tetrazole rings is 1. The number of hydrogen-bond donors (Lipinski definition) is 2. The highest BCUT2D eigenvalue weighted by atomic mass is 35.5. The van der Waals surface area contributed by atoms with Gasteiger partial charge in [-0.25, -0.2) is 0 Å². The van der Waals surface area contributed by atoms with E-state index in [-0.39, 0.29) is 39.9 Å². The summed E-state index contributed by atoms with van der Waals surface area (Å²) in [6.45, 7) is 0. The Labute approximate surface area is 155 Å². The minimum absolute atomic E-state index is 0.0255. The normalized spacial score (nSPS) is 14.1. The number of nitrogens with one attached hydrogen (secondary N) is 1. The van der Waals surface area contributed by atoms with Crippen LogP contribution in [0.4, 0.5) is 13.2 Å². The van der Waals surface area contributed by atoms with Gasteiger partial charge in [0, 0.05) is 23.6 Å².